The molecule has 0 bridgehead atoms. The van der Waals surface area contributed by atoms with E-state index < -0.39 is 7.12 Å². The van der Waals surface area contributed by atoms with E-state index in [1.54, 1.807) is 12.2 Å². The monoisotopic (exact) mass is 168 g/mol. The second-order valence-electron chi connectivity index (χ2n) is 2.53. The van der Waals surface area contributed by atoms with Crippen LogP contribution in [0.4, 0.5) is 0 Å². The van der Waals surface area contributed by atoms with E-state index in [1.807, 2.05) is 6.92 Å². The molecule has 1 aliphatic carbocycles. The molecule has 0 amide bonds. The van der Waals surface area contributed by atoms with Gasteiger partial charge in [0.15, 0.2) is 0 Å². The van der Waals surface area contributed by atoms with Crippen molar-refractivity contribution in [1.29, 1.82) is 0 Å². The molecular weight excluding hydrogens is 159 g/mol. The molecule has 0 aromatic heterocycles. The van der Waals surface area contributed by atoms with E-state index in [-0.39, 0.29) is 0 Å². The van der Waals surface area contributed by atoms with E-state index in [2.05, 4.69) is 0 Å². The Balaban J connectivity index is 2.85. The zero-order valence-electron chi connectivity index (χ0n) is 6.24. The van der Waals surface area contributed by atoms with Crippen molar-refractivity contribution in [2.24, 2.45) is 0 Å². The van der Waals surface area contributed by atoms with E-state index in [1.165, 1.54) is 0 Å². The van der Waals surface area contributed by atoms with E-state index in [0.717, 1.165) is 10.4 Å². The fraction of sp³-hybridized carbons (Fsp3) is 0.286. The minimum absolute atomic E-state index is 0.568. The molecule has 2 nitrogen and oxygen atoms in total. The predicted octanol–water partition coefficient (Wildman–Crippen LogP) is 0.645. The lowest BCUT2D eigenvalue weighted by Crippen LogP contribution is -2.18. The predicted molar refractivity (Wildman–Crippen MR) is 49.2 cm³/mol. The Kier molecular flexibility index (Phi) is 2.60. The van der Waals surface area contributed by atoms with Crippen LogP contribution in [0.25, 0.3) is 0 Å². The highest BCUT2D eigenvalue weighted by Crippen LogP contribution is 2.17. The molecule has 0 saturated heterocycles. The molecule has 4 heteroatoms. The Morgan fingerprint density at radius 2 is 2.18 bits per heavy atom. The summed E-state index contributed by atoms with van der Waals surface area (Å²) < 4.78 is 0. The van der Waals surface area contributed by atoms with Crippen LogP contribution >= 0.6 is 12.2 Å². The average Bonchev–Trinajstić information content (AvgIpc) is 1.85. The van der Waals surface area contributed by atoms with Crippen LogP contribution in [0.1, 0.15) is 13.3 Å². The van der Waals surface area contributed by atoms with E-state index in [9.17, 15) is 0 Å². The van der Waals surface area contributed by atoms with Crippen LogP contribution in [0.5, 0.6) is 0 Å². The van der Waals surface area contributed by atoms with Crippen LogP contribution in [0, 0.1) is 0 Å². The van der Waals surface area contributed by atoms with Crippen LogP contribution in [-0.2, 0) is 0 Å². The molecule has 0 fully saturated rings. The normalized spacial score (nSPS) is 17.5. The molecule has 1 aliphatic rings. The van der Waals surface area contributed by atoms with Gasteiger partial charge in [-0.15, -0.1) is 0 Å². The van der Waals surface area contributed by atoms with Crippen molar-refractivity contribution < 1.29 is 10.0 Å². The van der Waals surface area contributed by atoms with Crippen LogP contribution in [0.15, 0.2) is 23.2 Å². The highest BCUT2D eigenvalue weighted by molar-refractivity contribution is 7.80. The van der Waals surface area contributed by atoms with Crippen LogP contribution in [-0.4, -0.2) is 22.0 Å². The summed E-state index contributed by atoms with van der Waals surface area (Å²) in [4.78, 5) is 0.840. The standard InChI is InChI=1S/C7H9BO2S/c1-5-4-6(11)2-3-7(5)8(9)10/h3-4,9-10H,2H2,1H3. The first kappa shape index (κ1) is 8.65. The Labute approximate surface area is 71.4 Å². The Morgan fingerprint density at radius 1 is 1.55 bits per heavy atom. The molecule has 0 heterocycles. The molecule has 0 atom stereocenters. The molecule has 58 valence electrons. The lowest BCUT2D eigenvalue weighted by Gasteiger charge is -2.11. The summed E-state index contributed by atoms with van der Waals surface area (Å²) in [7, 11) is -1.37. The smallest absolute Gasteiger partial charge is 0.423 e. The molecule has 11 heavy (non-hydrogen) atoms. The Bertz CT molecular complexity index is 243. The van der Waals surface area contributed by atoms with Crippen molar-refractivity contribution in [3.05, 3.63) is 23.2 Å². The summed E-state index contributed by atoms with van der Waals surface area (Å²) in [6.45, 7) is 1.82. The van der Waals surface area contributed by atoms with E-state index in [0.29, 0.717) is 11.9 Å². The fourth-order valence-corrected chi connectivity index (χ4v) is 1.32. The molecule has 0 unspecified atom stereocenters. The van der Waals surface area contributed by atoms with Crippen molar-refractivity contribution >= 4 is 24.2 Å². The summed E-state index contributed by atoms with van der Waals surface area (Å²) in [5, 5.41) is 17.7. The Morgan fingerprint density at radius 3 is 2.64 bits per heavy atom. The molecule has 0 aromatic rings. The highest BCUT2D eigenvalue weighted by Gasteiger charge is 2.18. The van der Waals surface area contributed by atoms with E-state index >= 15 is 0 Å². The maximum Gasteiger partial charge on any atom is 0.488 e. The van der Waals surface area contributed by atoms with Gasteiger partial charge in [-0.25, -0.2) is 0 Å². The molecule has 2 N–H and O–H groups in total. The summed E-state index contributed by atoms with van der Waals surface area (Å²) in [5.74, 6) is 0. The first-order chi connectivity index (χ1) is 5.11. The zero-order valence-corrected chi connectivity index (χ0v) is 7.06. The summed E-state index contributed by atoms with van der Waals surface area (Å²) in [6.07, 6.45) is 4.19. The minimum Gasteiger partial charge on any atom is -0.423 e. The zero-order chi connectivity index (χ0) is 8.43. The largest absolute Gasteiger partial charge is 0.488 e. The van der Waals surface area contributed by atoms with Gasteiger partial charge in [0.1, 0.15) is 0 Å². The van der Waals surface area contributed by atoms with Gasteiger partial charge in [0.25, 0.3) is 0 Å². The van der Waals surface area contributed by atoms with Gasteiger partial charge in [0.05, 0.1) is 0 Å². The van der Waals surface area contributed by atoms with Gasteiger partial charge in [-0.05, 0) is 18.5 Å². The van der Waals surface area contributed by atoms with Gasteiger partial charge in [-0.2, -0.15) is 0 Å². The molecular formula is C7H9BO2S. The summed E-state index contributed by atoms with van der Waals surface area (Å²) in [5.41, 5.74) is 1.41. The highest BCUT2D eigenvalue weighted by atomic mass is 32.1. The molecule has 0 aliphatic heterocycles. The third-order valence-corrected chi connectivity index (χ3v) is 1.92. The first-order valence-corrected chi connectivity index (χ1v) is 3.80. The first-order valence-electron chi connectivity index (χ1n) is 3.39. The number of hydrogen-bond acceptors (Lipinski definition) is 3. The van der Waals surface area contributed by atoms with Gasteiger partial charge in [0, 0.05) is 11.3 Å². The quantitative estimate of drug-likeness (QED) is 0.446. The van der Waals surface area contributed by atoms with Crippen LogP contribution < -0.4 is 0 Å². The molecule has 0 saturated carbocycles. The van der Waals surface area contributed by atoms with Crippen LogP contribution in [0.3, 0.4) is 0 Å². The van der Waals surface area contributed by atoms with Crippen molar-refractivity contribution in [3.8, 4) is 0 Å². The Hall–Kier alpha value is -0.445. The van der Waals surface area contributed by atoms with Crippen molar-refractivity contribution in [1.82, 2.24) is 0 Å². The van der Waals surface area contributed by atoms with Gasteiger partial charge < -0.3 is 10.0 Å². The second-order valence-corrected chi connectivity index (χ2v) is 3.06. The van der Waals surface area contributed by atoms with Crippen molar-refractivity contribution in [3.63, 3.8) is 0 Å². The number of rotatable bonds is 1. The summed E-state index contributed by atoms with van der Waals surface area (Å²) >= 11 is 4.94. The number of hydrogen-bond donors (Lipinski definition) is 2. The lowest BCUT2D eigenvalue weighted by atomic mass is 9.73. The maximum atomic E-state index is 8.84. The van der Waals surface area contributed by atoms with Crippen LogP contribution in [0.2, 0.25) is 0 Å². The third-order valence-electron chi connectivity index (χ3n) is 1.63. The minimum atomic E-state index is -1.37. The van der Waals surface area contributed by atoms with Crippen molar-refractivity contribution in [2.45, 2.75) is 13.3 Å². The second kappa shape index (κ2) is 3.30. The van der Waals surface area contributed by atoms with Gasteiger partial charge in [-0.3, -0.25) is 0 Å². The SMILES string of the molecule is CC1=CC(=S)CC=C1B(O)O. The van der Waals surface area contributed by atoms with E-state index in [4.69, 9.17) is 22.3 Å². The molecule has 1 rings (SSSR count). The topological polar surface area (TPSA) is 40.5 Å². The van der Waals surface area contributed by atoms with Gasteiger partial charge in [-0.1, -0.05) is 23.9 Å². The van der Waals surface area contributed by atoms with Gasteiger partial charge >= 0.3 is 7.12 Å². The number of thiocarbonyl (C=S) groups is 1. The third kappa shape index (κ3) is 1.99. The van der Waals surface area contributed by atoms with Crippen molar-refractivity contribution in [2.75, 3.05) is 0 Å². The summed E-state index contributed by atoms with van der Waals surface area (Å²) in [6, 6.07) is 0. The lowest BCUT2D eigenvalue weighted by molar-refractivity contribution is 0.419. The van der Waals surface area contributed by atoms with Gasteiger partial charge in [0.2, 0.25) is 0 Å². The average molecular weight is 168 g/mol. The molecule has 0 radical (unpaired) electrons. The number of allylic oxidation sites excluding steroid dienone is 4. The molecule has 0 spiro atoms. The fourth-order valence-electron chi connectivity index (χ4n) is 1.06. The molecule has 0 aromatic carbocycles. The maximum absolute atomic E-state index is 8.84.